The number of halogens is 1. The molecule has 76 valence electrons. The molecule has 0 spiro atoms. The van der Waals surface area contributed by atoms with Gasteiger partial charge in [0.1, 0.15) is 0 Å². The second-order valence-electron chi connectivity index (χ2n) is 3.68. The van der Waals surface area contributed by atoms with Crippen molar-refractivity contribution in [1.82, 2.24) is 0 Å². The van der Waals surface area contributed by atoms with Gasteiger partial charge in [0, 0.05) is 11.1 Å². The molecule has 0 fully saturated rings. The highest BCUT2D eigenvalue weighted by Crippen LogP contribution is 2.18. The first kappa shape index (κ1) is 11.3. The van der Waals surface area contributed by atoms with Crippen molar-refractivity contribution in [3.05, 3.63) is 39.9 Å². The molecule has 1 unspecified atom stereocenters. The van der Waals surface area contributed by atoms with Crippen molar-refractivity contribution in [3.63, 3.8) is 0 Å². The van der Waals surface area contributed by atoms with Crippen LogP contribution in [0.1, 0.15) is 25.0 Å². The monoisotopic (exact) mass is 209 g/mol. The van der Waals surface area contributed by atoms with E-state index in [1.807, 2.05) is 39.0 Å². The molecule has 0 amide bonds. The van der Waals surface area contributed by atoms with E-state index in [4.69, 9.17) is 17.3 Å². The van der Waals surface area contributed by atoms with E-state index in [2.05, 4.69) is 6.08 Å². The molecule has 1 aromatic rings. The topological polar surface area (TPSA) is 26.0 Å². The summed E-state index contributed by atoms with van der Waals surface area (Å²) < 4.78 is 0. The maximum Gasteiger partial charge on any atom is 0.0409 e. The largest absolute Gasteiger partial charge is 0.324 e. The van der Waals surface area contributed by atoms with Gasteiger partial charge in [0.25, 0.3) is 0 Å². The zero-order valence-electron chi connectivity index (χ0n) is 8.84. The molecule has 2 heteroatoms. The van der Waals surface area contributed by atoms with Crippen LogP contribution in [0.5, 0.6) is 0 Å². The maximum absolute atomic E-state index is 5.87. The molecule has 0 heterocycles. The molecule has 14 heavy (non-hydrogen) atoms. The molecular weight excluding hydrogens is 194 g/mol. The lowest BCUT2D eigenvalue weighted by molar-refractivity contribution is 0.868. The molecule has 0 aliphatic heterocycles. The number of hydrogen-bond donors (Lipinski definition) is 1. The minimum atomic E-state index is 0.102. The molecule has 0 aromatic heterocycles. The average molecular weight is 210 g/mol. The molecule has 2 N–H and O–H groups in total. The highest BCUT2D eigenvalue weighted by molar-refractivity contribution is 6.30. The van der Waals surface area contributed by atoms with Crippen LogP contribution in [0.2, 0.25) is 5.02 Å². The first-order valence-corrected chi connectivity index (χ1v) is 5.08. The lowest BCUT2D eigenvalue weighted by atomic mass is 10.0. The van der Waals surface area contributed by atoms with Crippen LogP contribution in [0, 0.1) is 6.92 Å². The van der Waals surface area contributed by atoms with E-state index in [-0.39, 0.29) is 6.04 Å². The number of rotatable bonds is 2. The van der Waals surface area contributed by atoms with E-state index in [9.17, 15) is 0 Å². The summed E-state index contributed by atoms with van der Waals surface area (Å²) in [6.07, 6.45) is 2.11. The molecule has 0 radical (unpaired) electrons. The van der Waals surface area contributed by atoms with E-state index in [1.165, 1.54) is 16.7 Å². The molecule has 0 saturated carbocycles. The fourth-order valence-corrected chi connectivity index (χ4v) is 1.40. The fourth-order valence-electron chi connectivity index (χ4n) is 1.18. The van der Waals surface area contributed by atoms with Crippen LogP contribution in [0.15, 0.2) is 23.8 Å². The summed E-state index contributed by atoms with van der Waals surface area (Å²) in [5.74, 6) is 0. The van der Waals surface area contributed by atoms with Gasteiger partial charge in [0.2, 0.25) is 0 Å². The van der Waals surface area contributed by atoms with Crippen LogP contribution in [-0.2, 0) is 0 Å². The zero-order valence-corrected chi connectivity index (χ0v) is 9.60. The maximum atomic E-state index is 5.87. The zero-order chi connectivity index (χ0) is 10.7. The van der Waals surface area contributed by atoms with Gasteiger partial charge in [-0.25, -0.2) is 0 Å². The van der Waals surface area contributed by atoms with Crippen LogP contribution >= 0.6 is 11.6 Å². The van der Waals surface area contributed by atoms with Gasteiger partial charge in [-0.15, -0.1) is 0 Å². The Balaban J connectivity index is 3.03. The highest BCUT2D eigenvalue weighted by Gasteiger charge is 1.99. The SMILES string of the molecule is C/C(=C\c1ccc(Cl)cc1C)C(C)N. The van der Waals surface area contributed by atoms with E-state index in [0.717, 1.165) is 5.02 Å². The molecule has 0 aliphatic carbocycles. The van der Waals surface area contributed by atoms with Crippen molar-refractivity contribution in [2.24, 2.45) is 5.73 Å². The van der Waals surface area contributed by atoms with Gasteiger partial charge >= 0.3 is 0 Å². The van der Waals surface area contributed by atoms with Crippen molar-refractivity contribution in [2.45, 2.75) is 26.8 Å². The van der Waals surface area contributed by atoms with Crippen molar-refractivity contribution in [3.8, 4) is 0 Å². The van der Waals surface area contributed by atoms with Crippen molar-refractivity contribution >= 4 is 17.7 Å². The lowest BCUT2D eigenvalue weighted by Gasteiger charge is -2.07. The van der Waals surface area contributed by atoms with E-state index < -0.39 is 0 Å². The van der Waals surface area contributed by atoms with Crippen LogP contribution in [0.25, 0.3) is 6.08 Å². The Morgan fingerprint density at radius 3 is 2.64 bits per heavy atom. The number of hydrogen-bond acceptors (Lipinski definition) is 1. The molecule has 1 nitrogen and oxygen atoms in total. The first-order chi connectivity index (χ1) is 6.50. The standard InChI is InChI=1S/C12H16ClN/c1-8(10(3)14)6-11-4-5-12(13)7-9(11)2/h4-7,10H,14H2,1-3H3/b8-6+. The van der Waals surface area contributed by atoms with Crippen LogP contribution < -0.4 is 5.73 Å². The van der Waals surface area contributed by atoms with Gasteiger partial charge in [0.15, 0.2) is 0 Å². The quantitative estimate of drug-likeness (QED) is 0.794. The number of aryl methyl sites for hydroxylation is 1. The van der Waals surface area contributed by atoms with Crippen molar-refractivity contribution < 1.29 is 0 Å². The molecule has 1 aromatic carbocycles. The Kier molecular flexibility index (Phi) is 3.73. The smallest absolute Gasteiger partial charge is 0.0409 e. The third-order valence-electron chi connectivity index (χ3n) is 2.33. The first-order valence-electron chi connectivity index (χ1n) is 4.70. The Hall–Kier alpha value is -0.790. The third kappa shape index (κ3) is 2.86. The van der Waals surface area contributed by atoms with Gasteiger partial charge in [-0.3, -0.25) is 0 Å². The van der Waals surface area contributed by atoms with Crippen LogP contribution in [0.3, 0.4) is 0 Å². The minimum absolute atomic E-state index is 0.102. The van der Waals surface area contributed by atoms with Crippen LogP contribution in [-0.4, -0.2) is 6.04 Å². The third-order valence-corrected chi connectivity index (χ3v) is 2.57. The molecule has 0 bridgehead atoms. The summed E-state index contributed by atoms with van der Waals surface area (Å²) in [6.45, 7) is 6.07. The van der Waals surface area contributed by atoms with E-state index in [0.29, 0.717) is 0 Å². The molecule has 0 aliphatic rings. The molecule has 0 saturated heterocycles. The Morgan fingerprint density at radius 2 is 2.14 bits per heavy atom. The summed E-state index contributed by atoms with van der Waals surface area (Å²) in [5.41, 5.74) is 9.31. The Bertz CT molecular complexity index is 353. The lowest BCUT2D eigenvalue weighted by Crippen LogP contribution is -2.15. The predicted octanol–water partition coefficient (Wildman–Crippen LogP) is 3.40. The Labute approximate surface area is 90.6 Å². The summed E-state index contributed by atoms with van der Waals surface area (Å²) in [6, 6.07) is 5.98. The Morgan fingerprint density at radius 1 is 1.50 bits per heavy atom. The van der Waals surface area contributed by atoms with Gasteiger partial charge < -0.3 is 5.73 Å². The highest BCUT2D eigenvalue weighted by atomic mass is 35.5. The van der Waals surface area contributed by atoms with Crippen molar-refractivity contribution in [1.29, 1.82) is 0 Å². The molecular formula is C12H16ClN. The second-order valence-corrected chi connectivity index (χ2v) is 4.11. The normalized spacial score (nSPS) is 14.2. The van der Waals surface area contributed by atoms with Gasteiger partial charge in [-0.2, -0.15) is 0 Å². The van der Waals surface area contributed by atoms with E-state index in [1.54, 1.807) is 0 Å². The van der Waals surface area contributed by atoms with Gasteiger partial charge in [0.05, 0.1) is 0 Å². The summed E-state index contributed by atoms with van der Waals surface area (Å²) >= 11 is 5.87. The summed E-state index contributed by atoms with van der Waals surface area (Å²) in [5, 5.41) is 0.776. The van der Waals surface area contributed by atoms with Crippen LogP contribution in [0.4, 0.5) is 0 Å². The molecule has 1 atom stereocenters. The minimum Gasteiger partial charge on any atom is -0.324 e. The summed E-state index contributed by atoms with van der Waals surface area (Å²) in [7, 11) is 0. The van der Waals surface area contributed by atoms with Gasteiger partial charge in [-0.1, -0.05) is 29.3 Å². The average Bonchev–Trinajstić information content (AvgIpc) is 2.09. The summed E-state index contributed by atoms with van der Waals surface area (Å²) in [4.78, 5) is 0. The van der Waals surface area contributed by atoms with Gasteiger partial charge in [-0.05, 0) is 44.0 Å². The second kappa shape index (κ2) is 4.63. The molecule has 1 rings (SSSR count). The predicted molar refractivity (Wildman–Crippen MR) is 63.5 cm³/mol. The van der Waals surface area contributed by atoms with E-state index >= 15 is 0 Å². The van der Waals surface area contributed by atoms with Crippen molar-refractivity contribution in [2.75, 3.05) is 0 Å². The number of nitrogens with two attached hydrogens (primary N) is 1. The fraction of sp³-hybridized carbons (Fsp3) is 0.333. The number of benzene rings is 1.